The maximum absolute atomic E-state index is 10.9. The lowest BCUT2D eigenvalue weighted by atomic mass is 10.3. The van der Waals surface area contributed by atoms with Crippen molar-refractivity contribution < 1.29 is 4.92 Å². The summed E-state index contributed by atoms with van der Waals surface area (Å²) < 4.78 is 0. The highest BCUT2D eigenvalue weighted by molar-refractivity contribution is 7.10. The first-order valence-electron chi connectivity index (χ1n) is 5.01. The topological polar surface area (TPSA) is 81.0 Å². The Morgan fingerprint density at radius 1 is 1.56 bits per heavy atom. The van der Waals surface area contributed by atoms with Gasteiger partial charge < -0.3 is 5.32 Å². The van der Waals surface area contributed by atoms with E-state index in [1.165, 1.54) is 6.33 Å². The largest absolute Gasteiger partial charge is 0.359 e. The minimum Gasteiger partial charge on any atom is -0.359 e. The maximum atomic E-state index is 10.9. The lowest BCUT2D eigenvalue weighted by Crippen LogP contribution is -2.05. The van der Waals surface area contributed by atoms with E-state index in [0.29, 0.717) is 6.54 Å². The number of aromatic nitrogens is 2. The predicted molar refractivity (Wildman–Crippen MR) is 70.1 cm³/mol. The van der Waals surface area contributed by atoms with Gasteiger partial charge >= 0.3 is 5.69 Å². The fourth-order valence-corrected chi connectivity index (χ4v) is 2.45. The number of nitro groups is 1. The van der Waals surface area contributed by atoms with E-state index in [0.717, 1.165) is 10.4 Å². The maximum Gasteiger partial charge on any atom is 0.348 e. The van der Waals surface area contributed by atoms with Crippen LogP contribution in [0, 0.1) is 17.0 Å². The van der Waals surface area contributed by atoms with Gasteiger partial charge in [0, 0.05) is 4.88 Å². The smallest absolute Gasteiger partial charge is 0.348 e. The lowest BCUT2D eigenvalue weighted by molar-refractivity contribution is -0.384. The van der Waals surface area contributed by atoms with Gasteiger partial charge in [-0.3, -0.25) is 10.1 Å². The van der Waals surface area contributed by atoms with Gasteiger partial charge in [0.1, 0.15) is 6.33 Å². The molecular weight excluding hydrogens is 276 g/mol. The predicted octanol–water partition coefficient (Wildman–Crippen LogP) is 3.02. The van der Waals surface area contributed by atoms with E-state index in [1.807, 2.05) is 18.4 Å². The van der Waals surface area contributed by atoms with Crippen LogP contribution >= 0.6 is 22.9 Å². The third-order valence-electron chi connectivity index (χ3n) is 2.34. The van der Waals surface area contributed by atoms with Gasteiger partial charge in [0.05, 0.1) is 11.5 Å². The van der Waals surface area contributed by atoms with Gasteiger partial charge in [-0.2, -0.15) is 0 Å². The molecule has 0 spiro atoms. The first kappa shape index (κ1) is 12.7. The average molecular weight is 285 g/mol. The summed E-state index contributed by atoms with van der Waals surface area (Å²) in [6.45, 7) is 2.45. The molecular formula is C10H9ClN4O2S. The van der Waals surface area contributed by atoms with Crippen LogP contribution in [0.5, 0.6) is 0 Å². The molecule has 0 bridgehead atoms. The molecule has 0 aromatic carbocycles. The van der Waals surface area contributed by atoms with Crippen molar-refractivity contribution >= 4 is 34.4 Å². The minimum atomic E-state index is -0.591. The van der Waals surface area contributed by atoms with Crippen LogP contribution in [0.3, 0.4) is 0 Å². The second kappa shape index (κ2) is 5.28. The Morgan fingerprint density at radius 2 is 2.33 bits per heavy atom. The summed E-state index contributed by atoms with van der Waals surface area (Å²) in [5, 5.41) is 15.6. The molecule has 0 unspecified atom stereocenters. The van der Waals surface area contributed by atoms with Gasteiger partial charge in [-0.25, -0.2) is 9.97 Å². The van der Waals surface area contributed by atoms with Gasteiger partial charge in [-0.05, 0) is 23.9 Å². The number of hydrogen-bond acceptors (Lipinski definition) is 6. The Bertz CT molecular complexity index is 587. The normalized spacial score (nSPS) is 10.3. The Labute approximate surface area is 112 Å². The van der Waals surface area contributed by atoms with Crippen molar-refractivity contribution in [2.24, 2.45) is 0 Å². The van der Waals surface area contributed by atoms with Crippen LogP contribution in [0.2, 0.25) is 5.15 Å². The standard InChI is InChI=1S/C10H9ClN4O2S/c1-6-2-3-18-7(6)4-12-10-8(15(16)17)9(11)13-5-14-10/h2-3,5H,4H2,1H3,(H,12,13,14). The molecule has 2 aromatic heterocycles. The van der Waals surface area contributed by atoms with Crippen molar-refractivity contribution in [3.63, 3.8) is 0 Å². The first-order valence-corrected chi connectivity index (χ1v) is 6.27. The molecule has 0 saturated carbocycles. The molecule has 2 heterocycles. The number of nitrogens with one attached hydrogen (secondary N) is 1. The van der Waals surface area contributed by atoms with E-state index < -0.39 is 4.92 Å². The highest BCUT2D eigenvalue weighted by Crippen LogP contribution is 2.29. The van der Waals surface area contributed by atoms with Crippen LogP contribution in [0.4, 0.5) is 11.5 Å². The van der Waals surface area contributed by atoms with Crippen LogP contribution in [-0.2, 0) is 6.54 Å². The molecule has 1 N–H and O–H groups in total. The van der Waals surface area contributed by atoms with Gasteiger partial charge in [-0.15, -0.1) is 11.3 Å². The Kier molecular flexibility index (Phi) is 3.73. The Hall–Kier alpha value is -1.73. The molecule has 8 heteroatoms. The molecule has 0 aliphatic carbocycles. The zero-order valence-electron chi connectivity index (χ0n) is 9.38. The van der Waals surface area contributed by atoms with Gasteiger partial charge in [0.2, 0.25) is 11.0 Å². The molecule has 6 nitrogen and oxygen atoms in total. The van der Waals surface area contributed by atoms with Crippen LogP contribution in [-0.4, -0.2) is 14.9 Å². The molecule has 18 heavy (non-hydrogen) atoms. The number of aryl methyl sites for hydroxylation is 1. The van der Waals surface area contributed by atoms with Crippen LogP contribution in [0.15, 0.2) is 17.8 Å². The molecule has 0 saturated heterocycles. The van der Waals surface area contributed by atoms with Crippen molar-refractivity contribution in [1.29, 1.82) is 0 Å². The zero-order valence-corrected chi connectivity index (χ0v) is 11.0. The summed E-state index contributed by atoms with van der Waals surface area (Å²) in [4.78, 5) is 18.8. The van der Waals surface area contributed by atoms with E-state index in [-0.39, 0.29) is 16.7 Å². The number of anilines is 1. The number of nitrogens with zero attached hydrogens (tertiary/aromatic N) is 3. The van der Waals surface area contributed by atoms with Crippen LogP contribution in [0.1, 0.15) is 10.4 Å². The monoisotopic (exact) mass is 284 g/mol. The fourth-order valence-electron chi connectivity index (χ4n) is 1.40. The van der Waals surface area contributed by atoms with E-state index in [1.54, 1.807) is 11.3 Å². The summed E-state index contributed by atoms with van der Waals surface area (Å²) >= 11 is 7.26. The van der Waals surface area contributed by atoms with E-state index in [2.05, 4.69) is 15.3 Å². The summed E-state index contributed by atoms with van der Waals surface area (Å²) in [5.74, 6) is 0.132. The van der Waals surface area contributed by atoms with E-state index in [4.69, 9.17) is 11.6 Å². The zero-order chi connectivity index (χ0) is 13.1. The number of hydrogen-bond donors (Lipinski definition) is 1. The molecule has 2 rings (SSSR count). The van der Waals surface area contributed by atoms with Crippen LogP contribution < -0.4 is 5.32 Å². The third-order valence-corrected chi connectivity index (χ3v) is 3.64. The summed E-state index contributed by atoms with van der Waals surface area (Å²) in [6.07, 6.45) is 1.19. The third kappa shape index (κ3) is 2.57. The molecule has 0 radical (unpaired) electrons. The number of halogens is 1. The highest BCUT2D eigenvalue weighted by atomic mass is 35.5. The average Bonchev–Trinajstić information content (AvgIpc) is 2.71. The molecule has 2 aromatic rings. The highest BCUT2D eigenvalue weighted by Gasteiger charge is 2.21. The van der Waals surface area contributed by atoms with Crippen molar-refractivity contribution in [3.8, 4) is 0 Å². The van der Waals surface area contributed by atoms with Gasteiger partial charge in [0.15, 0.2) is 0 Å². The molecule has 0 atom stereocenters. The number of thiophene rings is 1. The molecule has 0 aliphatic heterocycles. The van der Waals surface area contributed by atoms with Crippen molar-refractivity contribution in [3.05, 3.63) is 43.5 Å². The molecule has 0 fully saturated rings. The van der Waals surface area contributed by atoms with Crippen molar-refractivity contribution in [2.45, 2.75) is 13.5 Å². The molecule has 0 aliphatic rings. The van der Waals surface area contributed by atoms with Gasteiger partial charge in [0.25, 0.3) is 0 Å². The summed E-state index contributed by atoms with van der Waals surface area (Å²) in [6, 6.07) is 1.99. The second-order valence-corrected chi connectivity index (χ2v) is 4.86. The quantitative estimate of drug-likeness (QED) is 0.530. The number of rotatable bonds is 4. The molecule has 0 amide bonds. The SMILES string of the molecule is Cc1ccsc1CNc1ncnc(Cl)c1[N+](=O)[O-]. The van der Waals surface area contributed by atoms with E-state index in [9.17, 15) is 10.1 Å². The Balaban J connectivity index is 2.22. The van der Waals surface area contributed by atoms with Crippen molar-refractivity contribution in [1.82, 2.24) is 9.97 Å². The first-order chi connectivity index (χ1) is 8.59. The summed E-state index contributed by atoms with van der Waals surface area (Å²) in [5.41, 5.74) is 0.837. The van der Waals surface area contributed by atoms with Crippen molar-refractivity contribution in [2.75, 3.05) is 5.32 Å². The fraction of sp³-hybridized carbons (Fsp3) is 0.200. The lowest BCUT2D eigenvalue weighted by Gasteiger charge is -2.05. The Morgan fingerprint density at radius 3 is 2.94 bits per heavy atom. The van der Waals surface area contributed by atoms with E-state index >= 15 is 0 Å². The summed E-state index contributed by atoms with van der Waals surface area (Å²) in [7, 11) is 0. The van der Waals surface area contributed by atoms with Crippen LogP contribution in [0.25, 0.3) is 0 Å². The minimum absolute atomic E-state index is 0.132. The second-order valence-electron chi connectivity index (χ2n) is 3.50. The molecule has 94 valence electrons. The van der Waals surface area contributed by atoms with Gasteiger partial charge in [-0.1, -0.05) is 11.6 Å².